The topological polar surface area (TPSA) is 520 Å². The molecule has 802 valence electrons. The molecule has 1 aliphatic carbocycles. The highest BCUT2D eigenvalue weighted by molar-refractivity contribution is 7.91. The van der Waals surface area contributed by atoms with Crippen LogP contribution in [0, 0.1) is 29.6 Å². The van der Waals surface area contributed by atoms with Crippen molar-refractivity contribution < 1.29 is 86.7 Å². The van der Waals surface area contributed by atoms with Crippen LogP contribution in [0.4, 0.5) is 40.7 Å². The summed E-state index contributed by atoms with van der Waals surface area (Å²) in [6.07, 6.45) is 9.47. The molecule has 11 aromatic rings. The molecule has 4 amide bonds. The van der Waals surface area contributed by atoms with Gasteiger partial charge in [0, 0.05) is 106 Å². The summed E-state index contributed by atoms with van der Waals surface area (Å²) in [5, 5.41) is 25.4. The van der Waals surface area contributed by atoms with E-state index >= 15 is 0 Å². The zero-order chi connectivity index (χ0) is 109. The third-order valence-corrected chi connectivity index (χ3v) is 32.2. The lowest BCUT2D eigenvalue weighted by molar-refractivity contribution is -0.0181. The minimum atomic E-state index is -4.36. The lowest BCUT2D eigenvalue weighted by atomic mass is 9.82. The molecule has 1 saturated carbocycles. The standard InChI is InChI=1S/C29H43N5O5S.C27H33N5O5S.C26H31N5O5S.C24H24Cl2N4O4S/c1-17-15-29(5,6)34(16-17)26-20(27(37)33-40(38,39)22-13-9-12-21(30)31-22)14-19(25(32-26)28(2,3)4)24(36)23(35)18-10-7-8-11-18;1-18-15-27(2,3)32(17-18)25-20(8-7-13-28-25)26(33)31-38(34,35)24-10-6-9-23(30-24)29-16-19-11-12-21(36-4)22(14-19)37-5;1-16-14-26(2,3)31(15-16)24-18(25(32)30-37(33,34)22-7-6-12-28-23(22)27)9-10-19(29-24)17-8-11-20(35-4)21(13-17)36-5;1-15-13-24(2,3)30(14-15)22-19(6-5-9-27-22)23(31)29-35(32,33)21-8-4-7-20(28-21)34-18-11-16(25)10-17(26)12-18/h9,12-14,17-18,23-24,35-36H,7-8,10-11,15-16H2,1-6H3,(H2,30,31)(H,33,37);6-14,18H,15-17H2,1-5H3,(H,29,30)(H,31,33);6-13,16H,14-15H2,1-5H3,(H2,27,28)(H,30,32);4-12,15H,13-14H2,1-3H3,(H,29,31)/t17-,23?,24?;;16-;/m0.0./s1. The number of pyridine rings is 8. The van der Waals surface area contributed by atoms with E-state index in [1.807, 2.05) is 48.8 Å². The zero-order valence-electron chi connectivity index (χ0n) is 87.3. The first-order valence-corrected chi connectivity index (χ1v) is 55.5. The Morgan fingerprint density at radius 3 is 1.35 bits per heavy atom. The number of amides is 4. The monoisotopic (exact) mass is 2170 g/mol. The molecule has 44 heteroatoms. The van der Waals surface area contributed by atoms with Crippen molar-refractivity contribution in [2.75, 3.05) is 91.0 Å². The summed E-state index contributed by atoms with van der Waals surface area (Å²) < 4.78 is 140. The Hall–Kier alpha value is -13.4. The quantitative estimate of drug-likeness (QED) is 0.0210. The summed E-state index contributed by atoms with van der Waals surface area (Å²) >= 11 is 12.0. The maximum atomic E-state index is 13.8. The van der Waals surface area contributed by atoms with Crippen LogP contribution in [0.5, 0.6) is 34.6 Å². The van der Waals surface area contributed by atoms with Crippen LogP contribution in [0.2, 0.25) is 10.0 Å². The van der Waals surface area contributed by atoms with Gasteiger partial charge in [-0.3, -0.25) is 19.2 Å². The number of rotatable bonds is 29. The van der Waals surface area contributed by atoms with Gasteiger partial charge in [-0.1, -0.05) is 109 Å². The van der Waals surface area contributed by atoms with Crippen molar-refractivity contribution in [1.29, 1.82) is 0 Å². The number of methoxy groups -OCH3 is 4. The van der Waals surface area contributed by atoms with Crippen molar-refractivity contribution in [2.45, 2.75) is 222 Å². The van der Waals surface area contributed by atoms with Crippen molar-refractivity contribution in [3.63, 3.8) is 0 Å². The number of hydrogen-bond donors (Lipinski definition) is 9. The predicted octanol–water partition coefficient (Wildman–Crippen LogP) is 16.3. The molecule has 16 rings (SSSR count). The lowest BCUT2D eigenvalue weighted by Crippen LogP contribution is -2.42. The number of nitrogens with zero attached hydrogens (tertiary/aromatic N) is 12. The maximum Gasteiger partial charge on any atom is 0.281 e. The zero-order valence-corrected chi connectivity index (χ0v) is 92.1. The fourth-order valence-corrected chi connectivity index (χ4v) is 24.5. The summed E-state index contributed by atoms with van der Waals surface area (Å²) in [6.45, 7) is 34.1. The number of ether oxygens (including phenoxy) is 5. The number of nitrogens with one attached hydrogen (secondary N) is 5. The highest BCUT2D eigenvalue weighted by Gasteiger charge is 2.46. The van der Waals surface area contributed by atoms with E-state index in [0.29, 0.717) is 129 Å². The van der Waals surface area contributed by atoms with Crippen LogP contribution < -0.4 is 79.0 Å². The van der Waals surface area contributed by atoms with E-state index in [9.17, 15) is 63.1 Å². The molecule has 3 aromatic carbocycles. The van der Waals surface area contributed by atoms with E-state index in [0.717, 1.165) is 69.0 Å². The van der Waals surface area contributed by atoms with Gasteiger partial charge in [0.1, 0.15) is 57.5 Å². The molecule has 38 nitrogen and oxygen atoms in total. The molecule has 0 spiro atoms. The predicted molar refractivity (Wildman–Crippen MR) is 576 cm³/mol. The number of carbonyl (C=O) groups excluding carboxylic acids is 4. The molecule has 8 aromatic heterocycles. The molecule has 150 heavy (non-hydrogen) atoms. The van der Waals surface area contributed by atoms with Gasteiger partial charge >= 0.3 is 0 Å². The molecular formula is C106H131Cl2N19O19S4. The molecule has 4 saturated heterocycles. The van der Waals surface area contributed by atoms with Gasteiger partial charge in [0.25, 0.3) is 63.7 Å². The SMILES string of the molecule is CC1CN(c2ncccc2C(=O)NS(=O)(=O)c2cccc(Oc3cc(Cl)cc(Cl)c3)n2)C(C)(C)C1.COc1ccc(-c2ccc(C(=O)NS(=O)(=O)c3cccnc3N)c(N3C[C@@H](C)CC3(C)C)n2)cc1OC.COc1ccc(CNc2cccc(S(=O)(=O)NC(=O)c3cccnc3N3CC(C)CC3(C)C)n2)cc1OC.C[C@@H]1CN(c2nc(C(C)(C)C)c(C(O)C(O)C3CCCC3)cc2C(=O)NS(=O)(=O)c2cccc(N)n2)C(C)(C)C1. The van der Waals surface area contributed by atoms with Crippen molar-refractivity contribution in [2.24, 2.45) is 29.6 Å². The second kappa shape index (κ2) is 46.2. The van der Waals surface area contributed by atoms with Gasteiger partial charge in [0.15, 0.2) is 38.1 Å². The van der Waals surface area contributed by atoms with Crippen molar-refractivity contribution in [3.8, 4) is 45.9 Å². The van der Waals surface area contributed by atoms with Gasteiger partial charge in [0.2, 0.25) is 5.88 Å². The Balaban J connectivity index is 0.000000167. The van der Waals surface area contributed by atoms with Gasteiger partial charge in [-0.05, 0) is 263 Å². The molecule has 6 atom stereocenters. The Kier molecular flexibility index (Phi) is 35.1. The van der Waals surface area contributed by atoms with Gasteiger partial charge < -0.3 is 70.3 Å². The van der Waals surface area contributed by atoms with E-state index < -0.39 is 81.3 Å². The van der Waals surface area contributed by atoms with Crippen LogP contribution in [-0.2, 0) is 52.1 Å². The first kappa shape index (κ1) is 114. The van der Waals surface area contributed by atoms with E-state index in [2.05, 4.69) is 147 Å². The molecule has 4 unspecified atom stereocenters. The summed E-state index contributed by atoms with van der Waals surface area (Å²) in [7, 11) is -10.9. The van der Waals surface area contributed by atoms with E-state index in [4.69, 9.17) is 68.3 Å². The summed E-state index contributed by atoms with van der Waals surface area (Å²) in [6, 6.07) is 42.3. The van der Waals surface area contributed by atoms with Crippen LogP contribution in [-0.4, -0.2) is 190 Å². The average molecular weight is 2170 g/mol. The smallest absolute Gasteiger partial charge is 0.281 e. The number of benzene rings is 3. The van der Waals surface area contributed by atoms with Gasteiger partial charge in [-0.25, -0.2) is 62.2 Å². The third kappa shape index (κ3) is 27.0. The van der Waals surface area contributed by atoms with Crippen LogP contribution in [0.15, 0.2) is 202 Å². The van der Waals surface area contributed by atoms with Crippen molar-refractivity contribution in [1.82, 2.24) is 58.8 Å². The largest absolute Gasteiger partial charge is 0.493 e. The average Bonchev–Trinajstić information content (AvgIpc) is 1.06. The number of nitrogens with two attached hydrogens (primary N) is 2. The summed E-state index contributed by atoms with van der Waals surface area (Å²) in [5.74, 6) is 2.59. The van der Waals surface area contributed by atoms with Crippen LogP contribution in [0.25, 0.3) is 11.3 Å². The lowest BCUT2D eigenvalue weighted by Gasteiger charge is -2.36. The number of aliphatic hydroxyl groups excluding tert-OH is 2. The number of nitrogen functional groups attached to an aromatic ring is 2. The molecule has 5 aliphatic rings. The summed E-state index contributed by atoms with van der Waals surface area (Å²) in [4.78, 5) is 96.0. The number of aromatic nitrogens is 8. The molecule has 5 fully saturated rings. The normalized spacial score (nSPS) is 18.1. The second-order valence-electron chi connectivity index (χ2n) is 41.8. The minimum Gasteiger partial charge on any atom is -0.493 e. The van der Waals surface area contributed by atoms with Crippen molar-refractivity contribution in [3.05, 3.63) is 232 Å². The number of sulfonamides is 4. The van der Waals surface area contributed by atoms with Gasteiger partial charge in [0.05, 0.1) is 68.2 Å². The molecule has 4 aliphatic heterocycles. The molecule has 12 heterocycles. The van der Waals surface area contributed by atoms with Crippen LogP contribution in [0.1, 0.15) is 220 Å². The third-order valence-electron chi connectivity index (χ3n) is 26.7. The number of halogens is 2. The molecule has 11 N–H and O–H groups in total. The number of carbonyl (C=O) groups is 4. The fraction of sp³-hybridized carbons (Fsp3) is 0.415. The Morgan fingerprint density at radius 2 is 0.880 bits per heavy atom. The number of anilines is 7. The minimum absolute atomic E-state index is 0.00585. The first-order valence-electron chi connectivity index (χ1n) is 48.9. The molecular weight excluding hydrogens is 2040 g/mol. The fourth-order valence-electron chi connectivity index (χ4n) is 20.2. The number of aliphatic hydroxyl groups is 2. The van der Waals surface area contributed by atoms with Gasteiger partial charge in [-0.15, -0.1) is 0 Å². The van der Waals surface area contributed by atoms with E-state index in [1.165, 1.54) is 85.1 Å². The summed E-state index contributed by atoms with van der Waals surface area (Å²) in [5.41, 5.74) is 13.4. The van der Waals surface area contributed by atoms with E-state index in [-0.39, 0.29) is 93.6 Å². The highest BCUT2D eigenvalue weighted by atomic mass is 35.5. The molecule has 0 radical (unpaired) electrons. The number of hydrogen-bond acceptors (Lipinski definition) is 34. The molecule has 0 bridgehead atoms. The van der Waals surface area contributed by atoms with E-state index in [1.54, 1.807) is 108 Å². The Morgan fingerprint density at radius 1 is 0.453 bits per heavy atom. The Bertz CT molecular complexity index is 7310. The highest BCUT2D eigenvalue weighted by Crippen LogP contribution is 2.47. The van der Waals surface area contributed by atoms with Crippen LogP contribution in [0.3, 0.4) is 0 Å². The first-order chi connectivity index (χ1) is 70.4. The second-order valence-corrected chi connectivity index (χ2v) is 49.2. The maximum absolute atomic E-state index is 13.8. The van der Waals surface area contributed by atoms with Crippen molar-refractivity contribution >= 4 is 128 Å². The van der Waals surface area contributed by atoms with Crippen LogP contribution >= 0.6 is 23.2 Å². The Labute approximate surface area is 886 Å². The van der Waals surface area contributed by atoms with Gasteiger partial charge in [-0.2, -0.15) is 30.2 Å².